The molecule has 5 aromatic rings. The van der Waals surface area contributed by atoms with E-state index < -0.39 is 0 Å². The average molecular weight is 437 g/mol. The molecule has 5 aromatic heterocycles. The van der Waals surface area contributed by atoms with E-state index in [2.05, 4.69) is 73.4 Å². The molecule has 5 heterocycles. The maximum atomic E-state index is 4.92. The van der Waals surface area contributed by atoms with Crippen LogP contribution in [0.1, 0.15) is 25.0 Å². The van der Waals surface area contributed by atoms with E-state index in [9.17, 15) is 0 Å². The average Bonchev–Trinajstić information content (AvgIpc) is 3.59. The Morgan fingerprint density at radius 3 is 2.88 bits per heavy atom. The highest BCUT2D eigenvalue weighted by atomic mass is 32.1. The van der Waals surface area contributed by atoms with Crippen molar-refractivity contribution in [2.24, 2.45) is 0 Å². The number of allylic oxidation sites excluding steroid dienone is 4. The van der Waals surface area contributed by atoms with Crippen LogP contribution in [0, 0.1) is 0 Å². The Morgan fingerprint density at radius 2 is 2.06 bits per heavy atom. The monoisotopic (exact) mass is 436 g/mol. The van der Waals surface area contributed by atoms with E-state index in [1.54, 1.807) is 29.9 Å². The van der Waals surface area contributed by atoms with E-state index in [-0.39, 0.29) is 5.92 Å². The SMILES string of the molecule is CC1=CC(c2[nH]c(-c3cccs3)nc2-c2cnccn2)CC=C1n1ccc2cccnc21. The van der Waals surface area contributed by atoms with Crippen LogP contribution in [0.4, 0.5) is 0 Å². The van der Waals surface area contributed by atoms with Gasteiger partial charge in [-0.05, 0) is 48.6 Å². The summed E-state index contributed by atoms with van der Waals surface area (Å²) in [6, 6.07) is 10.3. The third-order valence-electron chi connectivity index (χ3n) is 5.79. The number of fused-ring (bicyclic) bond motifs is 1. The summed E-state index contributed by atoms with van der Waals surface area (Å²) in [4.78, 5) is 23.0. The first kappa shape index (κ1) is 18.9. The van der Waals surface area contributed by atoms with Gasteiger partial charge in [-0.3, -0.25) is 9.97 Å². The van der Waals surface area contributed by atoms with Crippen LogP contribution in [0.5, 0.6) is 0 Å². The zero-order chi connectivity index (χ0) is 21.5. The van der Waals surface area contributed by atoms with Crippen LogP contribution in [-0.4, -0.2) is 29.5 Å². The van der Waals surface area contributed by atoms with Crippen LogP contribution in [0.2, 0.25) is 0 Å². The van der Waals surface area contributed by atoms with Gasteiger partial charge in [0.25, 0.3) is 0 Å². The van der Waals surface area contributed by atoms with Crippen molar-refractivity contribution < 1.29 is 0 Å². The molecule has 6 rings (SSSR count). The number of thiophene rings is 1. The maximum Gasteiger partial charge on any atom is 0.148 e. The number of pyridine rings is 1. The number of H-pyrrole nitrogens is 1. The fourth-order valence-electron chi connectivity index (χ4n) is 4.31. The van der Waals surface area contributed by atoms with Crippen molar-refractivity contribution in [2.45, 2.75) is 19.3 Å². The second-order valence-corrected chi connectivity index (χ2v) is 8.75. The fourth-order valence-corrected chi connectivity index (χ4v) is 4.98. The molecule has 0 fully saturated rings. The van der Waals surface area contributed by atoms with E-state index in [1.165, 1.54) is 11.3 Å². The second-order valence-electron chi connectivity index (χ2n) is 7.80. The van der Waals surface area contributed by atoms with Gasteiger partial charge in [0, 0.05) is 41.8 Å². The Bertz CT molecular complexity index is 1460. The van der Waals surface area contributed by atoms with Gasteiger partial charge in [-0.2, -0.15) is 0 Å². The largest absolute Gasteiger partial charge is 0.340 e. The summed E-state index contributed by atoms with van der Waals surface area (Å²) in [5.74, 6) is 1.05. The van der Waals surface area contributed by atoms with Gasteiger partial charge in [-0.1, -0.05) is 18.2 Å². The summed E-state index contributed by atoms with van der Waals surface area (Å²) in [5.41, 5.74) is 6.07. The van der Waals surface area contributed by atoms with Gasteiger partial charge in [0.1, 0.15) is 22.9 Å². The number of aromatic amines is 1. The Balaban J connectivity index is 1.41. The zero-order valence-electron chi connectivity index (χ0n) is 17.4. The van der Waals surface area contributed by atoms with Gasteiger partial charge in [-0.15, -0.1) is 11.3 Å². The van der Waals surface area contributed by atoms with Crippen LogP contribution in [0.3, 0.4) is 0 Å². The number of rotatable bonds is 4. The number of hydrogen-bond acceptors (Lipinski definition) is 5. The van der Waals surface area contributed by atoms with E-state index in [1.807, 2.05) is 18.3 Å². The van der Waals surface area contributed by atoms with Crippen molar-refractivity contribution in [1.82, 2.24) is 29.5 Å². The molecule has 1 aliphatic rings. The number of nitrogens with one attached hydrogen (secondary N) is 1. The van der Waals surface area contributed by atoms with E-state index in [0.29, 0.717) is 0 Å². The Kier molecular flexibility index (Phi) is 4.54. The van der Waals surface area contributed by atoms with E-state index >= 15 is 0 Å². The zero-order valence-corrected chi connectivity index (χ0v) is 18.3. The molecular weight excluding hydrogens is 416 g/mol. The molecule has 1 atom stereocenters. The van der Waals surface area contributed by atoms with Crippen LogP contribution in [-0.2, 0) is 0 Å². The standard InChI is InChI=1S/C25H20N6S/c1-16-14-18(6-7-20(16)31-12-8-17-4-2-9-28-25(17)31)22-23(19-15-26-10-11-27-19)30-24(29-22)21-5-3-13-32-21/h2-5,7-15,18H,6H2,1H3,(H,29,30). The number of hydrogen-bond donors (Lipinski definition) is 1. The second kappa shape index (κ2) is 7.69. The highest BCUT2D eigenvalue weighted by Gasteiger charge is 2.24. The maximum absolute atomic E-state index is 4.92. The van der Waals surface area contributed by atoms with Crippen LogP contribution in [0.25, 0.3) is 38.8 Å². The minimum atomic E-state index is 0.173. The molecule has 1 N–H and O–H groups in total. The topological polar surface area (TPSA) is 72.3 Å². The molecule has 6 nitrogen and oxygen atoms in total. The van der Waals surface area contributed by atoms with Gasteiger partial charge >= 0.3 is 0 Å². The normalized spacial score (nSPS) is 16.2. The molecule has 7 heteroatoms. The van der Waals surface area contributed by atoms with Crippen LogP contribution in [0.15, 0.2) is 84.4 Å². The molecule has 0 spiro atoms. The number of aromatic nitrogens is 6. The van der Waals surface area contributed by atoms with Gasteiger partial charge in [0.05, 0.1) is 16.8 Å². The fraction of sp³-hybridized carbons (Fsp3) is 0.120. The van der Waals surface area contributed by atoms with Gasteiger partial charge in [0.15, 0.2) is 0 Å². The molecule has 1 unspecified atom stereocenters. The molecule has 156 valence electrons. The third-order valence-corrected chi connectivity index (χ3v) is 6.67. The summed E-state index contributed by atoms with van der Waals surface area (Å²) < 4.78 is 2.17. The molecule has 0 saturated heterocycles. The smallest absolute Gasteiger partial charge is 0.148 e. The van der Waals surface area contributed by atoms with Gasteiger partial charge < -0.3 is 9.55 Å². The molecule has 0 bridgehead atoms. The molecular formula is C25H20N6S. The molecule has 0 aromatic carbocycles. The van der Waals surface area contributed by atoms with Crippen molar-refractivity contribution in [3.63, 3.8) is 0 Å². The Hall–Kier alpha value is -3.84. The molecule has 32 heavy (non-hydrogen) atoms. The van der Waals surface area contributed by atoms with Crippen molar-refractivity contribution >= 4 is 28.1 Å². The van der Waals surface area contributed by atoms with Gasteiger partial charge in [0.2, 0.25) is 0 Å². The Morgan fingerprint density at radius 1 is 1.09 bits per heavy atom. The van der Waals surface area contributed by atoms with Crippen LogP contribution < -0.4 is 0 Å². The molecule has 0 saturated carbocycles. The summed E-state index contributed by atoms with van der Waals surface area (Å²) >= 11 is 1.67. The summed E-state index contributed by atoms with van der Waals surface area (Å²) in [6.07, 6.45) is 14.6. The quantitative estimate of drug-likeness (QED) is 0.380. The lowest BCUT2D eigenvalue weighted by atomic mass is 9.90. The van der Waals surface area contributed by atoms with Crippen molar-refractivity contribution in [3.8, 4) is 22.1 Å². The summed E-state index contributed by atoms with van der Waals surface area (Å²) in [5, 5.41) is 3.21. The van der Waals surface area contributed by atoms with Crippen molar-refractivity contribution in [1.29, 1.82) is 0 Å². The molecule has 1 aliphatic carbocycles. The van der Waals surface area contributed by atoms with E-state index in [0.717, 1.165) is 45.2 Å². The molecule has 0 aliphatic heterocycles. The van der Waals surface area contributed by atoms with Crippen LogP contribution >= 0.6 is 11.3 Å². The minimum Gasteiger partial charge on any atom is -0.340 e. The highest BCUT2D eigenvalue weighted by molar-refractivity contribution is 7.13. The summed E-state index contributed by atoms with van der Waals surface area (Å²) in [6.45, 7) is 2.16. The first-order valence-electron chi connectivity index (χ1n) is 10.5. The predicted octanol–water partition coefficient (Wildman–Crippen LogP) is 5.92. The number of nitrogens with zero attached hydrogens (tertiary/aromatic N) is 5. The lowest BCUT2D eigenvalue weighted by molar-refractivity contribution is 0.812. The summed E-state index contributed by atoms with van der Waals surface area (Å²) in [7, 11) is 0. The lowest BCUT2D eigenvalue weighted by Gasteiger charge is -2.21. The van der Waals surface area contributed by atoms with E-state index in [4.69, 9.17) is 4.98 Å². The predicted molar refractivity (Wildman–Crippen MR) is 128 cm³/mol. The molecule has 0 radical (unpaired) electrons. The number of imidazole rings is 1. The van der Waals surface area contributed by atoms with Gasteiger partial charge in [-0.25, -0.2) is 9.97 Å². The minimum absolute atomic E-state index is 0.173. The molecule has 0 amide bonds. The van der Waals surface area contributed by atoms with Crippen molar-refractivity contribution in [2.75, 3.05) is 0 Å². The first-order chi connectivity index (χ1) is 15.8. The third kappa shape index (κ3) is 3.18. The Labute approximate surface area is 189 Å². The first-order valence-corrected chi connectivity index (χ1v) is 11.4. The van der Waals surface area contributed by atoms with Crippen molar-refractivity contribution in [3.05, 3.63) is 90.1 Å². The lowest BCUT2D eigenvalue weighted by Crippen LogP contribution is -2.07. The highest BCUT2D eigenvalue weighted by Crippen LogP contribution is 2.38.